The lowest BCUT2D eigenvalue weighted by molar-refractivity contribution is -0.0221. The van der Waals surface area contributed by atoms with Gasteiger partial charge in [-0.05, 0) is 12.2 Å². The van der Waals surface area contributed by atoms with Crippen LogP contribution in [0.4, 0.5) is 8.78 Å². The minimum absolute atomic E-state index is 0.190. The van der Waals surface area contributed by atoms with Gasteiger partial charge in [-0.2, -0.15) is 13.9 Å². The second kappa shape index (κ2) is 4.80. The van der Waals surface area contributed by atoms with Gasteiger partial charge in [-0.15, -0.1) is 0 Å². The molecular weight excluding hydrogens is 224 g/mol. The smallest absolute Gasteiger partial charge is 0.306 e. The summed E-state index contributed by atoms with van der Waals surface area (Å²) in [5, 5.41) is 5.92. The van der Waals surface area contributed by atoms with Gasteiger partial charge in [0.25, 0.3) is 0 Å². The average Bonchev–Trinajstić information content (AvgIpc) is 2.57. The van der Waals surface area contributed by atoms with Crippen molar-refractivity contribution in [3.63, 3.8) is 0 Å². The van der Waals surface area contributed by atoms with E-state index in [2.05, 4.69) is 10.2 Å². The van der Waals surface area contributed by atoms with Crippen LogP contribution in [0.5, 0.6) is 0 Å². The third-order valence-electron chi connectivity index (χ3n) is 2.05. The molecule has 1 N–H and O–H groups in total. The van der Waals surface area contributed by atoms with Crippen molar-refractivity contribution >= 4 is 12.2 Å². The van der Waals surface area contributed by atoms with Crippen LogP contribution in [0.1, 0.15) is 19.2 Å². The van der Waals surface area contributed by atoms with Gasteiger partial charge >= 0.3 is 5.92 Å². The van der Waals surface area contributed by atoms with Crippen LogP contribution in [0.25, 0.3) is 0 Å². The van der Waals surface area contributed by atoms with Gasteiger partial charge in [-0.3, -0.25) is 9.67 Å². The third-order valence-corrected chi connectivity index (χ3v) is 2.36. The van der Waals surface area contributed by atoms with Crippen molar-refractivity contribution in [1.82, 2.24) is 14.8 Å². The van der Waals surface area contributed by atoms with Crippen molar-refractivity contribution in [3.05, 3.63) is 10.6 Å². The van der Waals surface area contributed by atoms with Crippen LogP contribution >= 0.6 is 12.2 Å². The number of ether oxygens (including phenoxy) is 1. The topological polar surface area (TPSA) is 42.8 Å². The Hall–Kier alpha value is -0.820. The molecule has 0 saturated heterocycles. The molecule has 0 bridgehead atoms. The third kappa shape index (κ3) is 2.60. The molecule has 0 unspecified atom stereocenters. The number of alkyl halides is 2. The van der Waals surface area contributed by atoms with E-state index in [9.17, 15) is 8.78 Å². The van der Waals surface area contributed by atoms with E-state index < -0.39 is 5.92 Å². The van der Waals surface area contributed by atoms with Crippen LogP contribution in [0.15, 0.2) is 0 Å². The predicted molar refractivity (Wildman–Crippen MR) is 53.5 cm³/mol. The van der Waals surface area contributed by atoms with E-state index in [1.807, 2.05) is 0 Å². The minimum atomic E-state index is -2.96. The van der Waals surface area contributed by atoms with Crippen molar-refractivity contribution in [3.8, 4) is 0 Å². The van der Waals surface area contributed by atoms with Crippen LogP contribution < -0.4 is 0 Å². The quantitative estimate of drug-likeness (QED) is 0.797. The molecule has 1 aromatic rings. The molecule has 1 rings (SSSR count). The van der Waals surface area contributed by atoms with E-state index in [4.69, 9.17) is 17.0 Å². The first kappa shape index (κ1) is 12.3. The Morgan fingerprint density at radius 1 is 1.60 bits per heavy atom. The van der Waals surface area contributed by atoms with E-state index >= 15 is 0 Å². The summed E-state index contributed by atoms with van der Waals surface area (Å²) in [6.45, 7) is 2.00. The maximum Gasteiger partial charge on any atom is 0.306 e. The van der Waals surface area contributed by atoms with Crippen molar-refractivity contribution in [2.75, 3.05) is 13.7 Å². The molecule has 0 aliphatic heterocycles. The van der Waals surface area contributed by atoms with Gasteiger partial charge in [0.05, 0.1) is 13.2 Å². The maximum atomic E-state index is 13.4. The summed E-state index contributed by atoms with van der Waals surface area (Å²) < 4.78 is 33.1. The van der Waals surface area contributed by atoms with Gasteiger partial charge in [0.15, 0.2) is 4.77 Å². The zero-order valence-corrected chi connectivity index (χ0v) is 9.40. The molecule has 0 atom stereocenters. The Morgan fingerprint density at radius 2 is 2.27 bits per heavy atom. The summed E-state index contributed by atoms with van der Waals surface area (Å²) >= 11 is 4.86. The number of H-pyrrole nitrogens is 1. The van der Waals surface area contributed by atoms with Crippen LogP contribution in [-0.2, 0) is 17.2 Å². The number of hydrogen-bond acceptors (Lipinski definition) is 3. The number of aromatic amines is 1. The van der Waals surface area contributed by atoms with Crippen LogP contribution in [0, 0.1) is 4.77 Å². The fraction of sp³-hybridized carbons (Fsp3) is 0.750. The summed E-state index contributed by atoms with van der Waals surface area (Å²) in [7, 11) is 1.50. The molecule has 4 nitrogen and oxygen atoms in total. The van der Waals surface area contributed by atoms with Crippen molar-refractivity contribution in [2.24, 2.45) is 0 Å². The molecule has 0 aromatic carbocycles. The van der Waals surface area contributed by atoms with Gasteiger partial charge in [0.1, 0.15) is 0 Å². The van der Waals surface area contributed by atoms with Crippen LogP contribution in [0.2, 0.25) is 0 Å². The Balaban J connectivity index is 3.03. The van der Waals surface area contributed by atoms with Crippen molar-refractivity contribution in [2.45, 2.75) is 25.8 Å². The number of methoxy groups -OCH3 is 1. The molecule has 0 saturated carbocycles. The zero-order chi connectivity index (χ0) is 11.5. The van der Waals surface area contributed by atoms with Crippen molar-refractivity contribution < 1.29 is 13.5 Å². The highest BCUT2D eigenvalue weighted by molar-refractivity contribution is 7.71. The number of halogens is 2. The summed E-state index contributed by atoms with van der Waals surface area (Å²) in [6.07, 6.45) is -0.306. The van der Waals surface area contributed by atoms with Crippen LogP contribution in [0.3, 0.4) is 0 Å². The molecule has 0 aliphatic carbocycles. The normalized spacial score (nSPS) is 12.0. The molecule has 0 fully saturated rings. The lowest BCUT2D eigenvalue weighted by Crippen LogP contribution is -2.20. The van der Waals surface area contributed by atoms with E-state index in [1.165, 1.54) is 18.6 Å². The standard InChI is InChI=1S/C8H13F2N3OS/c1-3-8(9,10)6-11-12-7(15)13(6)4-5-14-2/h3-5H2,1-2H3,(H,12,15). The molecule has 0 radical (unpaired) electrons. The number of nitrogens with zero attached hydrogens (tertiary/aromatic N) is 2. The lowest BCUT2D eigenvalue weighted by Gasteiger charge is -2.14. The SMILES string of the molecule is CCC(F)(F)c1n[nH]c(=S)n1CCOC. The van der Waals surface area contributed by atoms with Crippen LogP contribution in [-0.4, -0.2) is 28.5 Å². The highest BCUT2D eigenvalue weighted by Gasteiger charge is 2.35. The van der Waals surface area contributed by atoms with E-state index in [-0.39, 0.29) is 23.6 Å². The zero-order valence-electron chi connectivity index (χ0n) is 8.59. The summed E-state index contributed by atoms with van der Waals surface area (Å²) in [5.41, 5.74) is 0. The summed E-state index contributed by atoms with van der Waals surface area (Å²) in [5.74, 6) is -3.28. The minimum Gasteiger partial charge on any atom is -0.383 e. The Kier molecular flexibility index (Phi) is 3.92. The largest absolute Gasteiger partial charge is 0.383 e. The van der Waals surface area contributed by atoms with E-state index in [0.717, 1.165) is 0 Å². The average molecular weight is 237 g/mol. The number of nitrogens with one attached hydrogen (secondary N) is 1. The number of aromatic nitrogens is 3. The van der Waals surface area contributed by atoms with Gasteiger partial charge in [0.2, 0.25) is 5.82 Å². The molecule has 1 heterocycles. The maximum absolute atomic E-state index is 13.4. The highest BCUT2D eigenvalue weighted by Crippen LogP contribution is 2.29. The lowest BCUT2D eigenvalue weighted by atomic mass is 10.2. The summed E-state index contributed by atoms with van der Waals surface area (Å²) in [6, 6.07) is 0. The molecule has 0 aliphatic rings. The number of rotatable bonds is 5. The second-order valence-corrected chi connectivity index (χ2v) is 3.44. The van der Waals surface area contributed by atoms with Gasteiger partial charge < -0.3 is 4.74 Å². The summed E-state index contributed by atoms with van der Waals surface area (Å²) in [4.78, 5) is 0. The monoisotopic (exact) mass is 237 g/mol. The van der Waals surface area contributed by atoms with Crippen molar-refractivity contribution in [1.29, 1.82) is 0 Å². The number of hydrogen-bond donors (Lipinski definition) is 1. The predicted octanol–water partition coefficient (Wildman–Crippen LogP) is 2.09. The van der Waals surface area contributed by atoms with Gasteiger partial charge in [-0.1, -0.05) is 6.92 Å². The Labute approximate surface area is 91.3 Å². The first-order valence-corrected chi connectivity index (χ1v) is 4.96. The Morgan fingerprint density at radius 3 is 2.80 bits per heavy atom. The highest BCUT2D eigenvalue weighted by atomic mass is 32.1. The van der Waals surface area contributed by atoms with Gasteiger partial charge in [0, 0.05) is 13.5 Å². The fourth-order valence-electron chi connectivity index (χ4n) is 1.15. The molecule has 15 heavy (non-hydrogen) atoms. The molecule has 86 valence electrons. The fourth-order valence-corrected chi connectivity index (χ4v) is 1.37. The first-order chi connectivity index (χ1) is 7.03. The van der Waals surface area contributed by atoms with E-state index in [1.54, 1.807) is 0 Å². The first-order valence-electron chi connectivity index (χ1n) is 4.55. The molecule has 0 spiro atoms. The molecule has 7 heteroatoms. The molecular formula is C8H13F2N3OS. The van der Waals surface area contributed by atoms with E-state index in [0.29, 0.717) is 6.61 Å². The Bertz CT molecular complexity index is 374. The molecule has 0 amide bonds. The molecule has 1 aromatic heterocycles. The second-order valence-electron chi connectivity index (χ2n) is 3.05. The van der Waals surface area contributed by atoms with Gasteiger partial charge in [-0.25, -0.2) is 0 Å².